The molecule has 1 heterocycles. The first-order valence-corrected chi connectivity index (χ1v) is 7.46. The summed E-state index contributed by atoms with van der Waals surface area (Å²) < 4.78 is 5.75. The van der Waals surface area contributed by atoms with Crippen molar-refractivity contribution in [1.82, 2.24) is 10.2 Å². The molecule has 0 aromatic heterocycles. The summed E-state index contributed by atoms with van der Waals surface area (Å²) in [6.45, 7) is 7.25. The Hall–Kier alpha value is -1.55. The molecule has 0 radical (unpaired) electrons. The first-order valence-electron chi connectivity index (χ1n) is 7.46. The van der Waals surface area contributed by atoms with Crippen molar-refractivity contribution in [2.75, 3.05) is 26.2 Å². The molecule has 0 bridgehead atoms. The quantitative estimate of drug-likeness (QED) is 0.892. The molecule has 1 N–H and O–H groups in total. The predicted molar refractivity (Wildman–Crippen MR) is 80.0 cm³/mol. The molecule has 2 rings (SSSR count). The molecule has 4 nitrogen and oxygen atoms in total. The molecule has 1 aromatic carbocycles. The number of rotatable bonds is 5. The van der Waals surface area contributed by atoms with Crippen molar-refractivity contribution in [2.24, 2.45) is 0 Å². The second-order valence-corrected chi connectivity index (χ2v) is 5.23. The molecule has 1 aliphatic rings. The highest BCUT2D eigenvalue weighted by molar-refractivity contribution is 5.81. The number of benzene rings is 1. The van der Waals surface area contributed by atoms with Crippen LogP contribution in [0.25, 0.3) is 0 Å². The number of aryl methyl sites for hydroxylation is 1. The standard InChI is InChI=1S/C16H24N2O2/c1-3-4-14-5-7-15(8-6-14)20-13(2)16(19)18-11-9-17-10-12-18/h5-8,13,17H,3-4,9-12H2,1-2H3. The Bertz CT molecular complexity index is 425. The summed E-state index contributed by atoms with van der Waals surface area (Å²) in [6, 6.07) is 8.04. The van der Waals surface area contributed by atoms with Crippen LogP contribution in [0.4, 0.5) is 0 Å². The van der Waals surface area contributed by atoms with E-state index in [1.165, 1.54) is 5.56 Å². The topological polar surface area (TPSA) is 41.6 Å². The first-order chi connectivity index (χ1) is 9.70. The van der Waals surface area contributed by atoms with E-state index in [-0.39, 0.29) is 5.91 Å². The number of nitrogens with zero attached hydrogens (tertiary/aromatic N) is 1. The summed E-state index contributed by atoms with van der Waals surface area (Å²) in [5.41, 5.74) is 1.31. The third kappa shape index (κ3) is 3.97. The van der Waals surface area contributed by atoms with Gasteiger partial charge in [0.1, 0.15) is 5.75 Å². The van der Waals surface area contributed by atoms with Crippen molar-refractivity contribution in [3.8, 4) is 5.75 Å². The van der Waals surface area contributed by atoms with Crippen molar-refractivity contribution in [2.45, 2.75) is 32.8 Å². The number of hydrogen-bond acceptors (Lipinski definition) is 3. The van der Waals surface area contributed by atoms with Crippen molar-refractivity contribution in [3.05, 3.63) is 29.8 Å². The molecule has 1 saturated heterocycles. The van der Waals surface area contributed by atoms with Gasteiger partial charge in [0.2, 0.25) is 0 Å². The maximum atomic E-state index is 12.2. The predicted octanol–water partition coefficient (Wildman–Crippen LogP) is 1.84. The van der Waals surface area contributed by atoms with Crippen LogP contribution in [-0.2, 0) is 11.2 Å². The highest BCUT2D eigenvalue weighted by atomic mass is 16.5. The van der Waals surface area contributed by atoms with E-state index in [9.17, 15) is 4.79 Å². The zero-order valence-electron chi connectivity index (χ0n) is 12.4. The van der Waals surface area contributed by atoms with Gasteiger partial charge in [0.15, 0.2) is 6.10 Å². The molecule has 110 valence electrons. The van der Waals surface area contributed by atoms with Gasteiger partial charge in [0.25, 0.3) is 5.91 Å². The second kappa shape index (κ2) is 7.29. The van der Waals surface area contributed by atoms with Gasteiger partial charge in [0.05, 0.1) is 0 Å². The lowest BCUT2D eigenvalue weighted by molar-refractivity contribution is -0.138. The minimum Gasteiger partial charge on any atom is -0.481 e. The number of carbonyl (C=O) groups excluding carboxylic acids is 1. The lowest BCUT2D eigenvalue weighted by Crippen LogP contribution is -2.50. The van der Waals surface area contributed by atoms with Gasteiger partial charge in [-0.2, -0.15) is 0 Å². The monoisotopic (exact) mass is 276 g/mol. The van der Waals surface area contributed by atoms with Gasteiger partial charge in [-0.1, -0.05) is 25.5 Å². The summed E-state index contributed by atoms with van der Waals surface area (Å²) >= 11 is 0. The number of amides is 1. The molecule has 1 aliphatic heterocycles. The fourth-order valence-electron chi connectivity index (χ4n) is 2.42. The van der Waals surface area contributed by atoms with Crippen LogP contribution in [0.3, 0.4) is 0 Å². The fourth-order valence-corrected chi connectivity index (χ4v) is 2.42. The Morgan fingerprint density at radius 3 is 2.55 bits per heavy atom. The number of carbonyl (C=O) groups is 1. The summed E-state index contributed by atoms with van der Waals surface area (Å²) in [4.78, 5) is 14.1. The second-order valence-electron chi connectivity index (χ2n) is 5.23. The number of piperazine rings is 1. The van der Waals surface area contributed by atoms with Crippen molar-refractivity contribution >= 4 is 5.91 Å². The van der Waals surface area contributed by atoms with E-state index in [0.29, 0.717) is 0 Å². The lowest BCUT2D eigenvalue weighted by atomic mass is 10.1. The van der Waals surface area contributed by atoms with Crippen molar-refractivity contribution in [1.29, 1.82) is 0 Å². The van der Waals surface area contributed by atoms with E-state index in [1.54, 1.807) is 0 Å². The van der Waals surface area contributed by atoms with E-state index < -0.39 is 6.10 Å². The Labute approximate surface area is 121 Å². The Morgan fingerprint density at radius 2 is 1.95 bits per heavy atom. The average Bonchev–Trinajstić information content (AvgIpc) is 2.49. The van der Waals surface area contributed by atoms with Gasteiger partial charge in [-0.3, -0.25) is 4.79 Å². The molecule has 0 spiro atoms. The van der Waals surface area contributed by atoms with E-state index in [2.05, 4.69) is 24.4 Å². The number of ether oxygens (including phenoxy) is 1. The van der Waals surface area contributed by atoms with E-state index >= 15 is 0 Å². The summed E-state index contributed by atoms with van der Waals surface area (Å²) in [7, 11) is 0. The van der Waals surface area contributed by atoms with Crippen molar-refractivity contribution in [3.63, 3.8) is 0 Å². The Balaban J connectivity index is 1.89. The normalized spacial score (nSPS) is 16.8. The molecule has 0 saturated carbocycles. The van der Waals surface area contributed by atoms with Crippen LogP contribution in [0.15, 0.2) is 24.3 Å². The molecular formula is C16H24N2O2. The average molecular weight is 276 g/mol. The Kier molecular flexibility index (Phi) is 5.41. The molecule has 1 fully saturated rings. The smallest absolute Gasteiger partial charge is 0.263 e. The van der Waals surface area contributed by atoms with Gasteiger partial charge >= 0.3 is 0 Å². The fraction of sp³-hybridized carbons (Fsp3) is 0.562. The summed E-state index contributed by atoms with van der Waals surface area (Å²) in [5, 5.41) is 3.24. The van der Waals surface area contributed by atoms with Gasteiger partial charge in [-0.15, -0.1) is 0 Å². The lowest BCUT2D eigenvalue weighted by Gasteiger charge is -2.29. The van der Waals surface area contributed by atoms with Gasteiger partial charge in [0, 0.05) is 26.2 Å². The zero-order valence-corrected chi connectivity index (χ0v) is 12.4. The molecule has 1 atom stereocenters. The molecule has 1 unspecified atom stereocenters. The third-order valence-electron chi connectivity index (χ3n) is 3.55. The van der Waals surface area contributed by atoms with Gasteiger partial charge in [-0.25, -0.2) is 0 Å². The summed E-state index contributed by atoms with van der Waals surface area (Å²) in [6.07, 6.45) is 1.79. The molecule has 1 aromatic rings. The van der Waals surface area contributed by atoms with Crippen molar-refractivity contribution < 1.29 is 9.53 Å². The van der Waals surface area contributed by atoms with Crippen LogP contribution in [0, 0.1) is 0 Å². The molecule has 20 heavy (non-hydrogen) atoms. The number of hydrogen-bond donors (Lipinski definition) is 1. The first kappa shape index (κ1) is 14.9. The van der Waals surface area contributed by atoms with Gasteiger partial charge < -0.3 is 15.0 Å². The van der Waals surface area contributed by atoms with Crippen LogP contribution < -0.4 is 10.1 Å². The molecule has 0 aliphatic carbocycles. The zero-order chi connectivity index (χ0) is 14.4. The van der Waals surface area contributed by atoms with E-state index in [4.69, 9.17) is 4.74 Å². The minimum absolute atomic E-state index is 0.0733. The maximum Gasteiger partial charge on any atom is 0.263 e. The van der Waals surface area contributed by atoms with Crippen LogP contribution in [0.5, 0.6) is 5.75 Å². The van der Waals surface area contributed by atoms with Crippen LogP contribution >= 0.6 is 0 Å². The van der Waals surface area contributed by atoms with E-state index in [1.807, 2.05) is 24.0 Å². The largest absolute Gasteiger partial charge is 0.481 e. The number of nitrogens with one attached hydrogen (secondary N) is 1. The molecule has 4 heteroatoms. The SMILES string of the molecule is CCCc1ccc(OC(C)C(=O)N2CCNCC2)cc1. The van der Waals surface area contributed by atoms with Crippen LogP contribution in [0.1, 0.15) is 25.8 Å². The Morgan fingerprint density at radius 1 is 1.30 bits per heavy atom. The summed E-state index contributed by atoms with van der Waals surface area (Å²) in [5.74, 6) is 0.838. The maximum absolute atomic E-state index is 12.2. The van der Waals surface area contributed by atoms with Crippen LogP contribution in [0.2, 0.25) is 0 Å². The molecule has 1 amide bonds. The highest BCUT2D eigenvalue weighted by Crippen LogP contribution is 2.15. The van der Waals surface area contributed by atoms with Gasteiger partial charge in [-0.05, 0) is 31.0 Å². The third-order valence-corrected chi connectivity index (χ3v) is 3.55. The van der Waals surface area contributed by atoms with E-state index in [0.717, 1.165) is 44.8 Å². The van der Waals surface area contributed by atoms with Crippen LogP contribution in [-0.4, -0.2) is 43.1 Å². The highest BCUT2D eigenvalue weighted by Gasteiger charge is 2.23. The minimum atomic E-state index is -0.426. The molecular weight excluding hydrogens is 252 g/mol.